The molecule has 1 aliphatic rings. The summed E-state index contributed by atoms with van der Waals surface area (Å²) < 4.78 is 1.95. The molecule has 2 N–H and O–H groups in total. The number of hydrogen-bond acceptors (Lipinski definition) is 3. The molecule has 1 atom stereocenters. The number of rotatable bonds is 3. The van der Waals surface area contributed by atoms with Crippen molar-refractivity contribution in [1.29, 1.82) is 0 Å². The van der Waals surface area contributed by atoms with Crippen molar-refractivity contribution in [2.45, 2.75) is 26.8 Å². The Kier molecular flexibility index (Phi) is 2.95. The number of hydrogen-bond donors (Lipinski definition) is 1. The van der Waals surface area contributed by atoms with Crippen LogP contribution in [0.3, 0.4) is 0 Å². The molecule has 0 bridgehead atoms. The summed E-state index contributed by atoms with van der Waals surface area (Å²) >= 11 is 0. The SMILES string of the molecule is Cc1cn(CCN2CCC(C)C2)nc1N. The van der Waals surface area contributed by atoms with Gasteiger partial charge in [-0.3, -0.25) is 4.68 Å². The van der Waals surface area contributed by atoms with Gasteiger partial charge in [0, 0.05) is 24.8 Å². The van der Waals surface area contributed by atoms with Gasteiger partial charge in [-0.2, -0.15) is 5.10 Å². The van der Waals surface area contributed by atoms with E-state index in [2.05, 4.69) is 16.9 Å². The molecule has 4 heteroatoms. The molecular formula is C11H20N4. The Hall–Kier alpha value is -1.03. The quantitative estimate of drug-likeness (QED) is 0.809. The van der Waals surface area contributed by atoms with Gasteiger partial charge in [-0.25, -0.2) is 0 Å². The molecule has 4 nitrogen and oxygen atoms in total. The van der Waals surface area contributed by atoms with Gasteiger partial charge < -0.3 is 10.6 Å². The van der Waals surface area contributed by atoms with Crippen LogP contribution in [-0.4, -0.2) is 34.3 Å². The van der Waals surface area contributed by atoms with Crippen LogP contribution in [0.25, 0.3) is 0 Å². The van der Waals surface area contributed by atoms with Crippen molar-refractivity contribution in [1.82, 2.24) is 14.7 Å². The van der Waals surface area contributed by atoms with Gasteiger partial charge in [0.05, 0.1) is 6.54 Å². The van der Waals surface area contributed by atoms with Gasteiger partial charge in [-0.1, -0.05) is 6.92 Å². The molecule has 0 saturated carbocycles. The number of nitrogen functional groups attached to an aromatic ring is 1. The Morgan fingerprint density at radius 1 is 1.53 bits per heavy atom. The van der Waals surface area contributed by atoms with E-state index < -0.39 is 0 Å². The fourth-order valence-electron chi connectivity index (χ4n) is 2.12. The summed E-state index contributed by atoms with van der Waals surface area (Å²) in [5.41, 5.74) is 6.77. The lowest BCUT2D eigenvalue weighted by Crippen LogP contribution is -2.25. The Bertz CT molecular complexity index is 312. The van der Waals surface area contributed by atoms with Gasteiger partial charge in [-0.15, -0.1) is 0 Å². The molecule has 15 heavy (non-hydrogen) atoms. The smallest absolute Gasteiger partial charge is 0.148 e. The van der Waals surface area contributed by atoms with Crippen LogP contribution in [0.2, 0.25) is 0 Å². The fraction of sp³-hybridized carbons (Fsp3) is 0.727. The zero-order valence-electron chi connectivity index (χ0n) is 9.61. The molecule has 0 amide bonds. The minimum absolute atomic E-state index is 0.657. The average Bonchev–Trinajstić information content (AvgIpc) is 2.72. The van der Waals surface area contributed by atoms with Crippen molar-refractivity contribution >= 4 is 5.82 Å². The molecule has 2 rings (SSSR count). The van der Waals surface area contributed by atoms with Crippen molar-refractivity contribution in [3.05, 3.63) is 11.8 Å². The number of likely N-dealkylation sites (tertiary alicyclic amines) is 1. The van der Waals surface area contributed by atoms with Crippen molar-refractivity contribution in [3.63, 3.8) is 0 Å². The third-order valence-electron chi connectivity index (χ3n) is 3.14. The average molecular weight is 208 g/mol. The van der Waals surface area contributed by atoms with Crippen LogP contribution in [0.1, 0.15) is 18.9 Å². The minimum Gasteiger partial charge on any atom is -0.382 e. The third kappa shape index (κ3) is 2.50. The van der Waals surface area contributed by atoms with Crippen LogP contribution < -0.4 is 5.73 Å². The summed E-state index contributed by atoms with van der Waals surface area (Å²) in [7, 11) is 0. The Labute approximate surface area is 91.1 Å². The van der Waals surface area contributed by atoms with E-state index in [1.54, 1.807) is 0 Å². The lowest BCUT2D eigenvalue weighted by Gasteiger charge is -2.14. The molecule has 2 heterocycles. The van der Waals surface area contributed by atoms with Crippen LogP contribution in [-0.2, 0) is 6.54 Å². The number of nitrogens with two attached hydrogens (primary N) is 1. The van der Waals surface area contributed by atoms with Crippen LogP contribution in [0.15, 0.2) is 6.20 Å². The monoisotopic (exact) mass is 208 g/mol. The largest absolute Gasteiger partial charge is 0.382 e. The van der Waals surface area contributed by atoms with Gasteiger partial charge >= 0.3 is 0 Å². The second kappa shape index (κ2) is 4.23. The summed E-state index contributed by atoms with van der Waals surface area (Å²) in [5.74, 6) is 1.51. The van der Waals surface area contributed by atoms with Gasteiger partial charge in [-0.05, 0) is 25.8 Å². The van der Waals surface area contributed by atoms with E-state index in [0.717, 1.165) is 24.6 Å². The van der Waals surface area contributed by atoms with Crippen molar-refractivity contribution in [2.24, 2.45) is 5.92 Å². The minimum atomic E-state index is 0.657. The first kappa shape index (κ1) is 10.5. The highest BCUT2D eigenvalue weighted by Gasteiger charge is 2.17. The highest BCUT2D eigenvalue weighted by atomic mass is 15.3. The maximum absolute atomic E-state index is 5.70. The van der Waals surface area contributed by atoms with Gasteiger partial charge in [0.25, 0.3) is 0 Å². The van der Waals surface area contributed by atoms with E-state index in [1.807, 2.05) is 17.8 Å². The second-order valence-electron chi connectivity index (χ2n) is 4.65. The normalized spacial score (nSPS) is 22.4. The molecule has 1 aliphatic heterocycles. The molecule has 0 radical (unpaired) electrons. The van der Waals surface area contributed by atoms with E-state index in [-0.39, 0.29) is 0 Å². The van der Waals surface area contributed by atoms with E-state index >= 15 is 0 Å². The van der Waals surface area contributed by atoms with Crippen molar-refractivity contribution in [3.8, 4) is 0 Å². The summed E-state index contributed by atoms with van der Waals surface area (Å²) in [6.07, 6.45) is 3.36. The topological polar surface area (TPSA) is 47.1 Å². The van der Waals surface area contributed by atoms with Crippen LogP contribution >= 0.6 is 0 Å². The van der Waals surface area contributed by atoms with Gasteiger partial charge in [0.2, 0.25) is 0 Å². The first-order valence-electron chi connectivity index (χ1n) is 5.67. The lowest BCUT2D eigenvalue weighted by molar-refractivity contribution is 0.306. The first-order valence-corrected chi connectivity index (χ1v) is 5.67. The molecular weight excluding hydrogens is 188 g/mol. The Morgan fingerprint density at radius 2 is 2.33 bits per heavy atom. The van der Waals surface area contributed by atoms with Gasteiger partial charge in [0.1, 0.15) is 5.82 Å². The Balaban J connectivity index is 1.83. The molecule has 1 aromatic heterocycles. The predicted octanol–water partition coefficient (Wildman–Crippen LogP) is 1.12. The van der Waals surface area contributed by atoms with Crippen LogP contribution in [0.4, 0.5) is 5.82 Å². The zero-order valence-corrected chi connectivity index (χ0v) is 9.61. The molecule has 0 aromatic carbocycles. The molecule has 1 saturated heterocycles. The van der Waals surface area contributed by atoms with E-state index in [1.165, 1.54) is 19.5 Å². The Morgan fingerprint density at radius 3 is 2.87 bits per heavy atom. The van der Waals surface area contributed by atoms with E-state index in [0.29, 0.717) is 5.82 Å². The van der Waals surface area contributed by atoms with Gasteiger partial charge in [0.15, 0.2) is 0 Å². The first-order chi connectivity index (χ1) is 7.15. The molecule has 0 aliphatic carbocycles. The van der Waals surface area contributed by atoms with Crippen molar-refractivity contribution < 1.29 is 0 Å². The molecule has 84 valence electrons. The summed E-state index contributed by atoms with van der Waals surface area (Å²) in [6, 6.07) is 0. The van der Waals surface area contributed by atoms with Crippen molar-refractivity contribution in [2.75, 3.05) is 25.4 Å². The predicted molar refractivity (Wildman–Crippen MR) is 61.6 cm³/mol. The molecule has 1 fully saturated rings. The van der Waals surface area contributed by atoms with E-state index in [9.17, 15) is 0 Å². The summed E-state index contributed by atoms with van der Waals surface area (Å²) in [5, 5.41) is 4.26. The lowest BCUT2D eigenvalue weighted by atomic mass is 10.2. The molecule has 1 aromatic rings. The standard InChI is InChI=1S/C11H20N4/c1-9-3-4-14(7-9)5-6-15-8-10(2)11(12)13-15/h8-9H,3-7H2,1-2H3,(H2,12,13). The summed E-state index contributed by atoms with van der Waals surface area (Å²) in [6.45, 7) is 8.81. The zero-order chi connectivity index (χ0) is 10.8. The number of nitrogens with zero attached hydrogens (tertiary/aromatic N) is 3. The highest BCUT2D eigenvalue weighted by Crippen LogP contribution is 2.14. The fourth-order valence-corrected chi connectivity index (χ4v) is 2.12. The highest BCUT2D eigenvalue weighted by molar-refractivity contribution is 5.35. The van der Waals surface area contributed by atoms with Crippen LogP contribution in [0.5, 0.6) is 0 Å². The summed E-state index contributed by atoms with van der Waals surface area (Å²) in [4.78, 5) is 2.50. The van der Waals surface area contributed by atoms with E-state index in [4.69, 9.17) is 5.73 Å². The number of anilines is 1. The second-order valence-corrected chi connectivity index (χ2v) is 4.65. The molecule has 1 unspecified atom stereocenters. The van der Waals surface area contributed by atoms with Crippen LogP contribution in [0, 0.1) is 12.8 Å². The maximum Gasteiger partial charge on any atom is 0.148 e. The number of aryl methyl sites for hydroxylation is 1. The number of aromatic nitrogens is 2. The molecule has 0 spiro atoms. The third-order valence-corrected chi connectivity index (χ3v) is 3.14. The maximum atomic E-state index is 5.70.